The summed E-state index contributed by atoms with van der Waals surface area (Å²) < 4.78 is 9.19. The fraction of sp³-hybridized carbons (Fsp3) is 0. The van der Waals surface area contributed by atoms with Crippen molar-refractivity contribution >= 4 is 108 Å². The maximum Gasteiger partial charge on any atom is 0.273 e. The molecule has 0 unspecified atom stereocenters. The quantitative estimate of drug-likeness (QED) is 0.192. The summed E-state index contributed by atoms with van der Waals surface area (Å²) in [5, 5.41) is 0. The van der Waals surface area contributed by atoms with Crippen LogP contribution in [0, 0.1) is 0 Å². The van der Waals surface area contributed by atoms with Crippen LogP contribution in [0.4, 0.5) is 5.69 Å². The van der Waals surface area contributed by atoms with Crippen molar-refractivity contribution in [2.24, 2.45) is 0 Å². The lowest BCUT2D eigenvalue weighted by Gasteiger charge is -2.19. The number of halogens is 6. The molecular formula is C13H5Br6NO2. The number of benzene rings is 2. The van der Waals surface area contributed by atoms with Crippen LogP contribution in [0.2, 0.25) is 0 Å². The summed E-state index contributed by atoms with van der Waals surface area (Å²) in [5.74, 6) is 0.0637. The fourth-order valence-electron chi connectivity index (χ4n) is 1.65. The highest BCUT2D eigenvalue weighted by atomic mass is 79.9. The van der Waals surface area contributed by atoms with E-state index >= 15 is 0 Å². The summed E-state index contributed by atoms with van der Waals surface area (Å²) in [6.07, 6.45) is 0. The highest BCUT2D eigenvalue weighted by molar-refractivity contribution is 9.15. The van der Waals surface area contributed by atoms with Crippen LogP contribution in [-0.4, -0.2) is 5.91 Å². The molecule has 0 saturated carbocycles. The first-order valence-corrected chi connectivity index (χ1v) is 10.1. The third-order valence-electron chi connectivity index (χ3n) is 2.68. The third-order valence-corrected chi connectivity index (χ3v) is 8.46. The van der Waals surface area contributed by atoms with Gasteiger partial charge in [-0.25, -0.2) is 3.93 Å². The molecule has 0 aromatic heterocycles. The number of rotatable bonds is 3. The Morgan fingerprint density at radius 3 is 2.00 bits per heavy atom. The summed E-state index contributed by atoms with van der Waals surface area (Å²) in [6, 6.07) is 9.21. The Balaban J connectivity index is 2.59. The number of amides is 1. The maximum atomic E-state index is 12.9. The van der Waals surface area contributed by atoms with Gasteiger partial charge in [-0.1, -0.05) is 18.2 Å². The number of hydrogen-bond acceptors (Lipinski definition) is 2. The minimum Gasteiger partial charge on any atom is -0.416 e. The van der Waals surface area contributed by atoms with Crippen LogP contribution in [0.1, 0.15) is 10.4 Å². The zero-order chi connectivity index (χ0) is 16.4. The third kappa shape index (κ3) is 3.64. The van der Waals surface area contributed by atoms with E-state index in [4.69, 9.17) is 3.83 Å². The normalized spacial score (nSPS) is 10.5. The number of carbonyl (C=O) groups excluding carboxylic acids is 1. The predicted octanol–water partition coefficient (Wildman–Crippen LogP) is 7.38. The molecule has 2 rings (SSSR count). The van der Waals surface area contributed by atoms with E-state index in [-0.39, 0.29) is 5.91 Å². The van der Waals surface area contributed by atoms with Gasteiger partial charge in [-0.2, -0.15) is 0 Å². The van der Waals surface area contributed by atoms with Crippen molar-refractivity contribution in [1.29, 1.82) is 0 Å². The molecule has 116 valence electrons. The second kappa shape index (κ2) is 8.11. The van der Waals surface area contributed by atoms with Gasteiger partial charge in [-0.05, 0) is 75.9 Å². The standard InChI is InChI=1S/C13H5Br6NO2/c14-8-7(12(22-19)11(17)10(16)9(8)15)13(21)20(18)6-4-2-1-3-5-6/h1-5H. The zero-order valence-electron chi connectivity index (χ0n) is 10.4. The van der Waals surface area contributed by atoms with Crippen molar-refractivity contribution in [3.63, 3.8) is 0 Å². The lowest BCUT2D eigenvalue weighted by atomic mass is 10.2. The summed E-state index contributed by atoms with van der Waals surface area (Å²) in [7, 11) is 0. The van der Waals surface area contributed by atoms with Crippen molar-refractivity contribution in [3.05, 3.63) is 53.8 Å². The van der Waals surface area contributed by atoms with E-state index < -0.39 is 0 Å². The van der Waals surface area contributed by atoms with Crippen LogP contribution in [0.25, 0.3) is 0 Å². The van der Waals surface area contributed by atoms with Gasteiger partial charge in [0.1, 0.15) is 5.56 Å². The lowest BCUT2D eigenvalue weighted by Crippen LogP contribution is -2.21. The molecule has 0 aliphatic carbocycles. The average Bonchev–Trinajstić information content (AvgIpc) is 2.55. The van der Waals surface area contributed by atoms with Crippen molar-refractivity contribution in [2.75, 3.05) is 3.93 Å². The van der Waals surface area contributed by atoms with Gasteiger partial charge in [0.05, 0.1) is 30.8 Å². The summed E-state index contributed by atoms with van der Waals surface area (Å²) in [5.41, 5.74) is 1.05. The van der Waals surface area contributed by atoms with Crippen LogP contribution < -0.4 is 7.75 Å². The maximum absolute atomic E-state index is 12.9. The van der Waals surface area contributed by atoms with Crippen LogP contribution in [0.3, 0.4) is 0 Å². The molecule has 0 N–H and O–H groups in total. The SMILES string of the molecule is O=C(c1c(Br)c(Br)c(Br)c(Br)c1OBr)N(Br)c1ccccc1. The van der Waals surface area contributed by atoms with Crippen molar-refractivity contribution in [2.45, 2.75) is 0 Å². The Morgan fingerprint density at radius 2 is 1.45 bits per heavy atom. The van der Waals surface area contributed by atoms with Gasteiger partial charge in [0.2, 0.25) is 0 Å². The molecule has 0 aliphatic rings. The number of nitrogens with zero attached hydrogens (tertiary/aromatic N) is 1. The van der Waals surface area contributed by atoms with E-state index in [2.05, 4.69) is 96.1 Å². The number of hydrogen-bond donors (Lipinski definition) is 0. The zero-order valence-corrected chi connectivity index (χ0v) is 19.9. The molecule has 0 heterocycles. The van der Waals surface area contributed by atoms with Gasteiger partial charge in [-0.3, -0.25) is 4.79 Å². The molecule has 2 aromatic carbocycles. The first kappa shape index (κ1) is 18.9. The van der Waals surface area contributed by atoms with E-state index in [0.717, 1.165) is 4.47 Å². The Morgan fingerprint density at radius 1 is 0.909 bits per heavy atom. The van der Waals surface area contributed by atoms with Crippen LogP contribution >= 0.6 is 96.1 Å². The summed E-state index contributed by atoms with van der Waals surface area (Å²) in [6.45, 7) is 0. The largest absolute Gasteiger partial charge is 0.416 e. The van der Waals surface area contributed by atoms with Crippen LogP contribution in [-0.2, 0) is 0 Å². The second-order valence-corrected chi connectivity index (χ2v) is 8.16. The van der Waals surface area contributed by atoms with Crippen molar-refractivity contribution in [3.8, 4) is 5.75 Å². The van der Waals surface area contributed by atoms with Gasteiger partial charge in [0.15, 0.2) is 22.0 Å². The van der Waals surface area contributed by atoms with E-state index in [9.17, 15) is 4.79 Å². The minimum absolute atomic E-state index is 0.290. The van der Waals surface area contributed by atoms with E-state index in [1.54, 1.807) is 0 Å². The molecule has 3 nitrogen and oxygen atoms in total. The molecule has 0 atom stereocenters. The molecule has 2 aromatic rings. The highest BCUT2D eigenvalue weighted by Gasteiger charge is 2.28. The van der Waals surface area contributed by atoms with Gasteiger partial charge in [0.25, 0.3) is 5.91 Å². The van der Waals surface area contributed by atoms with E-state index in [0.29, 0.717) is 30.4 Å². The molecule has 9 heteroatoms. The minimum atomic E-state index is -0.290. The molecule has 0 radical (unpaired) electrons. The fourth-order valence-corrected chi connectivity index (χ4v) is 4.94. The molecule has 0 spiro atoms. The Labute approximate surface area is 178 Å². The molecule has 0 saturated heterocycles. The van der Waals surface area contributed by atoms with E-state index in [1.807, 2.05) is 30.3 Å². The Hall–Kier alpha value is 0.590. The van der Waals surface area contributed by atoms with Crippen molar-refractivity contribution < 1.29 is 8.62 Å². The van der Waals surface area contributed by atoms with Gasteiger partial charge in [0, 0.05) is 8.95 Å². The number of anilines is 1. The van der Waals surface area contributed by atoms with E-state index in [1.165, 1.54) is 3.93 Å². The Kier molecular flexibility index (Phi) is 6.98. The monoisotopic (exact) mass is 681 g/mol. The molecule has 22 heavy (non-hydrogen) atoms. The van der Waals surface area contributed by atoms with Crippen molar-refractivity contribution in [1.82, 2.24) is 0 Å². The van der Waals surface area contributed by atoms with Gasteiger partial charge in [-0.15, -0.1) is 0 Å². The molecule has 1 amide bonds. The first-order chi connectivity index (χ1) is 10.4. The lowest BCUT2D eigenvalue weighted by molar-refractivity contribution is 0.101. The van der Waals surface area contributed by atoms with Crippen LogP contribution in [0.15, 0.2) is 48.2 Å². The Bertz CT molecular complexity index is 722. The molecule has 0 fully saturated rings. The molecular weight excluding hydrogens is 682 g/mol. The molecule has 0 bridgehead atoms. The van der Waals surface area contributed by atoms with Gasteiger partial charge >= 0.3 is 0 Å². The number of carbonyl (C=O) groups is 1. The second-order valence-electron chi connectivity index (χ2n) is 3.96. The predicted molar refractivity (Wildman–Crippen MR) is 109 cm³/mol. The van der Waals surface area contributed by atoms with Crippen LogP contribution in [0.5, 0.6) is 5.75 Å². The highest BCUT2D eigenvalue weighted by Crippen LogP contribution is 2.47. The topological polar surface area (TPSA) is 29.5 Å². The first-order valence-electron chi connectivity index (χ1n) is 5.60. The van der Waals surface area contributed by atoms with Gasteiger partial charge < -0.3 is 3.83 Å². The number of para-hydroxylation sites is 1. The molecule has 0 aliphatic heterocycles. The summed E-state index contributed by atoms with van der Waals surface area (Å²) in [4.78, 5) is 12.9. The smallest absolute Gasteiger partial charge is 0.273 e. The average molecular weight is 687 g/mol. The summed E-state index contributed by atoms with van der Waals surface area (Å²) >= 11 is 20.0.